The predicted octanol–water partition coefficient (Wildman–Crippen LogP) is 1.66. The molecule has 2 N–H and O–H groups in total. The maximum absolute atomic E-state index is 12.0. The number of amides is 1. The summed E-state index contributed by atoms with van der Waals surface area (Å²) >= 11 is 5.81. The van der Waals surface area contributed by atoms with E-state index < -0.39 is 5.97 Å². The Hall–Kier alpha value is -1.49. The van der Waals surface area contributed by atoms with Crippen LogP contribution in [0.15, 0.2) is 12.3 Å². The van der Waals surface area contributed by atoms with Crippen LogP contribution in [0.1, 0.15) is 29.8 Å². The first-order chi connectivity index (χ1) is 8.47. The molecule has 1 aliphatic rings. The molecule has 2 atom stereocenters. The van der Waals surface area contributed by atoms with Crippen molar-refractivity contribution < 1.29 is 14.7 Å². The molecule has 1 aliphatic carbocycles. The highest BCUT2D eigenvalue weighted by atomic mass is 35.5. The molecule has 0 spiro atoms. The molecule has 0 saturated heterocycles. The molecule has 2 rings (SSSR count). The number of aryl methyl sites for hydroxylation is 1. The predicted molar refractivity (Wildman–Crippen MR) is 66.7 cm³/mol. The second-order valence-corrected chi connectivity index (χ2v) is 5.11. The summed E-state index contributed by atoms with van der Waals surface area (Å²) in [5.41, 5.74) is 0.485. The first-order valence-electron chi connectivity index (χ1n) is 5.83. The van der Waals surface area contributed by atoms with Gasteiger partial charge in [-0.05, 0) is 25.3 Å². The van der Waals surface area contributed by atoms with Crippen LogP contribution in [-0.4, -0.2) is 27.6 Å². The molecule has 0 radical (unpaired) electrons. The number of carboxylic acid groups (broad SMARTS) is 1. The molecule has 0 aliphatic heterocycles. The number of hydrogen-bond acceptors (Lipinski definition) is 2. The summed E-state index contributed by atoms with van der Waals surface area (Å²) < 4.78 is 1.65. The van der Waals surface area contributed by atoms with E-state index in [1.807, 2.05) is 0 Å². The Morgan fingerprint density at radius 2 is 2.22 bits per heavy atom. The van der Waals surface area contributed by atoms with Crippen molar-refractivity contribution in [1.29, 1.82) is 0 Å². The quantitative estimate of drug-likeness (QED) is 0.877. The van der Waals surface area contributed by atoms with Crippen molar-refractivity contribution in [1.82, 2.24) is 9.88 Å². The number of halogens is 1. The fourth-order valence-corrected chi connectivity index (χ4v) is 2.60. The fourth-order valence-electron chi connectivity index (χ4n) is 2.35. The van der Waals surface area contributed by atoms with Crippen LogP contribution in [0.25, 0.3) is 0 Å². The Morgan fingerprint density at radius 3 is 2.72 bits per heavy atom. The van der Waals surface area contributed by atoms with Crippen LogP contribution in [0.3, 0.4) is 0 Å². The summed E-state index contributed by atoms with van der Waals surface area (Å²) in [4.78, 5) is 22.8. The highest BCUT2D eigenvalue weighted by molar-refractivity contribution is 6.31. The van der Waals surface area contributed by atoms with Crippen molar-refractivity contribution in [3.63, 3.8) is 0 Å². The van der Waals surface area contributed by atoms with Gasteiger partial charge in [0.2, 0.25) is 0 Å². The summed E-state index contributed by atoms with van der Waals surface area (Å²) in [7, 11) is 1.75. The van der Waals surface area contributed by atoms with E-state index >= 15 is 0 Å². The summed E-state index contributed by atoms with van der Waals surface area (Å²) in [5, 5.41) is 12.3. The monoisotopic (exact) mass is 270 g/mol. The van der Waals surface area contributed by atoms with E-state index in [-0.39, 0.29) is 17.9 Å². The molecule has 2 unspecified atom stereocenters. The number of carbonyl (C=O) groups excluding carboxylic acids is 1. The first kappa shape index (κ1) is 13.0. The minimum absolute atomic E-state index is 0.0627. The smallest absolute Gasteiger partial charge is 0.306 e. The van der Waals surface area contributed by atoms with Crippen LogP contribution in [0.2, 0.25) is 5.02 Å². The van der Waals surface area contributed by atoms with Crippen LogP contribution in [0, 0.1) is 5.92 Å². The highest BCUT2D eigenvalue weighted by Crippen LogP contribution is 2.26. The van der Waals surface area contributed by atoms with Crippen LogP contribution < -0.4 is 5.32 Å². The average Bonchev–Trinajstić information content (AvgIpc) is 2.85. The molecule has 1 aromatic heterocycles. The number of nitrogens with one attached hydrogen (secondary N) is 1. The van der Waals surface area contributed by atoms with Gasteiger partial charge in [-0.2, -0.15) is 0 Å². The third-order valence-electron chi connectivity index (χ3n) is 3.32. The average molecular weight is 271 g/mol. The Kier molecular flexibility index (Phi) is 3.61. The Balaban J connectivity index is 1.97. The SMILES string of the molecule is Cn1cc(Cl)cc1C(=O)NC1CCC(C(=O)O)C1. The molecule has 6 heteroatoms. The second-order valence-electron chi connectivity index (χ2n) is 4.67. The Labute approximate surface area is 110 Å². The molecule has 5 nitrogen and oxygen atoms in total. The lowest BCUT2D eigenvalue weighted by atomic mass is 10.1. The van der Waals surface area contributed by atoms with E-state index in [0.29, 0.717) is 30.0 Å². The van der Waals surface area contributed by atoms with Gasteiger partial charge in [0, 0.05) is 19.3 Å². The number of hydrogen-bond donors (Lipinski definition) is 2. The molecule has 1 fully saturated rings. The van der Waals surface area contributed by atoms with Crippen molar-refractivity contribution in [2.75, 3.05) is 0 Å². The van der Waals surface area contributed by atoms with Crippen molar-refractivity contribution in [3.05, 3.63) is 23.0 Å². The molecule has 1 saturated carbocycles. The van der Waals surface area contributed by atoms with E-state index in [1.165, 1.54) is 0 Å². The van der Waals surface area contributed by atoms with Gasteiger partial charge in [0.05, 0.1) is 10.9 Å². The van der Waals surface area contributed by atoms with Gasteiger partial charge in [-0.3, -0.25) is 9.59 Å². The molecule has 18 heavy (non-hydrogen) atoms. The number of carboxylic acids is 1. The lowest BCUT2D eigenvalue weighted by molar-refractivity contribution is -0.141. The topological polar surface area (TPSA) is 71.3 Å². The van der Waals surface area contributed by atoms with E-state index in [0.717, 1.165) is 0 Å². The largest absolute Gasteiger partial charge is 0.481 e. The second kappa shape index (κ2) is 5.02. The number of carbonyl (C=O) groups is 2. The van der Waals surface area contributed by atoms with Gasteiger partial charge in [-0.15, -0.1) is 0 Å². The third-order valence-corrected chi connectivity index (χ3v) is 3.53. The van der Waals surface area contributed by atoms with Gasteiger partial charge in [-0.1, -0.05) is 11.6 Å². The molecule has 98 valence electrons. The Morgan fingerprint density at radius 1 is 1.50 bits per heavy atom. The standard InChI is InChI=1S/C12H15ClN2O3/c1-15-6-8(13)5-10(15)11(16)14-9-3-2-7(4-9)12(17)18/h5-7,9H,2-4H2,1H3,(H,14,16)(H,17,18). The van der Waals surface area contributed by atoms with Crippen LogP contribution in [0.4, 0.5) is 0 Å². The summed E-state index contributed by atoms with van der Waals surface area (Å²) in [6.45, 7) is 0. The van der Waals surface area contributed by atoms with E-state index in [2.05, 4.69) is 5.32 Å². The van der Waals surface area contributed by atoms with Gasteiger partial charge in [0.1, 0.15) is 5.69 Å². The highest BCUT2D eigenvalue weighted by Gasteiger charge is 2.30. The summed E-state index contributed by atoms with van der Waals surface area (Å²) in [6, 6.07) is 1.54. The van der Waals surface area contributed by atoms with Crippen LogP contribution >= 0.6 is 11.6 Å². The zero-order chi connectivity index (χ0) is 13.3. The van der Waals surface area contributed by atoms with Crippen molar-refractivity contribution >= 4 is 23.5 Å². The number of rotatable bonds is 3. The van der Waals surface area contributed by atoms with Gasteiger partial charge in [0.25, 0.3) is 5.91 Å². The first-order valence-corrected chi connectivity index (χ1v) is 6.20. The molecule has 1 heterocycles. The lowest BCUT2D eigenvalue weighted by Crippen LogP contribution is -2.34. The lowest BCUT2D eigenvalue weighted by Gasteiger charge is -2.12. The number of aliphatic carboxylic acids is 1. The third kappa shape index (κ3) is 2.67. The summed E-state index contributed by atoms with van der Waals surface area (Å²) in [6.07, 6.45) is 3.49. The van der Waals surface area contributed by atoms with Gasteiger partial charge in [-0.25, -0.2) is 0 Å². The fraction of sp³-hybridized carbons (Fsp3) is 0.500. The zero-order valence-corrected chi connectivity index (χ0v) is 10.8. The minimum Gasteiger partial charge on any atom is -0.481 e. The molecular weight excluding hydrogens is 256 g/mol. The minimum atomic E-state index is -0.784. The summed E-state index contributed by atoms with van der Waals surface area (Å²) in [5.74, 6) is -1.33. The van der Waals surface area contributed by atoms with Crippen molar-refractivity contribution in [2.24, 2.45) is 13.0 Å². The zero-order valence-electron chi connectivity index (χ0n) is 10.0. The molecule has 1 aromatic rings. The van der Waals surface area contributed by atoms with E-state index in [9.17, 15) is 9.59 Å². The van der Waals surface area contributed by atoms with Crippen LogP contribution in [-0.2, 0) is 11.8 Å². The molecule has 0 bridgehead atoms. The molecule has 1 amide bonds. The normalized spacial score (nSPS) is 23.0. The van der Waals surface area contributed by atoms with Crippen molar-refractivity contribution in [3.8, 4) is 0 Å². The van der Waals surface area contributed by atoms with Gasteiger partial charge in [0.15, 0.2) is 0 Å². The maximum Gasteiger partial charge on any atom is 0.306 e. The van der Waals surface area contributed by atoms with Crippen molar-refractivity contribution in [2.45, 2.75) is 25.3 Å². The molecule has 0 aromatic carbocycles. The maximum atomic E-state index is 12.0. The van der Waals surface area contributed by atoms with E-state index in [4.69, 9.17) is 16.7 Å². The number of aromatic nitrogens is 1. The molecular formula is C12H15ClN2O3. The van der Waals surface area contributed by atoms with E-state index in [1.54, 1.807) is 23.9 Å². The van der Waals surface area contributed by atoms with Gasteiger partial charge >= 0.3 is 5.97 Å². The van der Waals surface area contributed by atoms with Crippen LogP contribution in [0.5, 0.6) is 0 Å². The van der Waals surface area contributed by atoms with Gasteiger partial charge < -0.3 is 15.0 Å². The Bertz CT molecular complexity index is 484. The number of nitrogens with zero attached hydrogens (tertiary/aromatic N) is 1.